The first-order chi connectivity index (χ1) is 68.9. The second kappa shape index (κ2) is 50.1. The first-order valence-electron chi connectivity index (χ1n) is 49.7. The summed E-state index contributed by atoms with van der Waals surface area (Å²) < 4.78 is 33.0. The van der Waals surface area contributed by atoms with Crippen LogP contribution in [0.1, 0.15) is 272 Å². The van der Waals surface area contributed by atoms with Crippen molar-refractivity contribution in [2.75, 3.05) is 131 Å². The molecule has 145 heavy (non-hydrogen) atoms. The molecule has 8 aliphatic rings. The second-order valence-electron chi connectivity index (χ2n) is 40.3. The molecule has 782 valence electrons. The Morgan fingerprint density at radius 2 is 0.855 bits per heavy atom. The van der Waals surface area contributed by atoms with Crippen LogP contribution < -0.4 is 39.1 Å². The molecule has 0 spiro atoms. The summed E-state index contributed by atoms with van der Waals surface area (Å²) in [5.74, 6) is 3.78. The highest BCUT2D eigenvalue weighted by molar-refractivity contribution is 6.01. The lowest BCUT2D eigenvalue weighted by Gasteiger charge is -2.29. The Morgan fingerprint density at radius 1 is 0.448 bits per heavy atom. The van der Waals surface area contributed by atoms with Crippen molar-refractivity contribution in [1.82, 2.24) is 49.8 Å². The molecule has 1 aliphatic carbocycles. The van der Waals surface area contributed by atoms with E-state index in [0.717, 1.165) is 136 Å². The molecule has 7 heterocycles. The van der Waals surface area contributed by atoms with Crippen molar-refractivity contribution < 1.29 is 98.4 Å². The van der Waals surface area contributed by atoms with E-state index in [4.69, 9.17) is 28.4 Å². The number of nitrogens with zero attached hydrogens (tertiary/aromatic N) is 8. The minimum absolute atomic E-state index is 0.0124. The van der Waals surface area contributed by atoms with Crippen LogP contribution in [0.2, 0.25) is 0 Å². The fraction of sp³-hybridized carbons (Fsp3) is 0.452. The standard InChI is InChI=1S/C24H30N2O4.C24H32N2O4.C22H30N2O4.C22H27NO4.C21H26N2O4.C2H7N/c1-14(2)18-8-20(23(30-5)9-22(18)29-4)24(28)26-11-15-6-17-10-25(3)13-21(27)19(17)7-16(15)12-26;1-15(2)19-10-20(23(30-6)11-22(19)29-5)24(28)26-12-17-8-7-16(9-18(17)13-26)21(14-27)25(3)4;1-6-16(19(13-25)23(4)5)9-15-7-8-24(12-15)22(28)18-10-17(14(2)3)20(26)11-21(18)27;1-13(2)18-9-19(21(27-5)10-20(18)26-4)22(25)23-11-16-7-6-15(14(3)24)8-17(16)12-23;1-11(2)15-5-17(19(25)6-18(15)24)21(27)23-9-13-3-12-7-22-8-20(26)16(12)4-14(13)10-23;1-3-2/h6-9,14,21,27H,10-13H2,1-5H3;7-11,15,21,27H,12-14H2,1-6H3;6-7,9-11,14,19,25-27H,1,8,12-13H2,2-5H3;6-10,13-14,24H,11-12H2,1-5H3;3-5,11,19-20,22,24-26H,6-10H2,1-2H3;3H,1-2H3/b;;16-9+;;;. The molecule has 6 unspecified atom stereocenters. The summed E-state index contributed by atoms with van der Waals surface area (Å²) in [7, 11) is 23.0. The molecular formula is C115H152N10O20. The Labute approximate surface area is 855 Å². The van der Waals surface area contributed by atoms with E-state index < -0.39 is 24.4 Å². The van der Waals surface area contributed by atoms with Crippen molar-refractivity contribution in [2.45, 2.75) is 208 Å². The lowest BCUT2D eigenvalue weighted by molar-refractivity contribution is -0.128. The van der Waals surface area contributed by atoms with Gasteiger partial charge in [0.15, 0.2) is 0 Å². The van der Waals surface area contributed by atoms with Gasteiger partial charge in [-0.2, -0.15) is 0 Å². The van der Waals surface area contributed by atoms with Crippen molar-refractivity contribution in [1.29, 1.82) is 0 Å². The number of methoxy groups -OCH3 is 6. The second-order valence-corrected chi connectivity index (χ2v) is 40.3. The number of amides is 5. The summed E-state index contributed by atoms with van der Waals surface area (Å²) in [5, 5.41) is 96.3. The van der Waals surface area contributed by atoms with E-state index in [-0.39, 0.29) is 114 Å². The number of phenols is 2. The average molecular weight is 1990 g/mol. The van der Waals surface area contributed by atoms with Crippen LogP contribution >= 0.6 is 0 Å². The number of hydrogen-bond acceptors (Lipinski definition) is 25. The summed E-state index contributed by atoms with van der Waals surface area (Å²) in [6.45, 7) is 33.6. The summed E-state index contributed by atoms with van der Waals surface area (Å²) in [5.41, 5.74) is 23.2. The smallest absolute Gasteiger partial charge is 0.258 e. The van der Waals surface area contributed by atoms with E-state index in [2.05, 4.69) is 94.0 Å². The van der Waals surface area contributed by atoms with Gasteiger partial charge < -0.3 is 119 Å². The maximum atomic E-state index is 13.5. The van der Waals surface area contributed by atoms with E-state index in [9.17, 15) is 69.9 Å². The maximum absolute atomic E-state index is 13.5. The van der Waals surface area contributed by atoms with Crippen molar-refractivity contribution >= 4 is 29.5 Å². The Balaban J connectivity index is 0.000000171. The van der Waals surface area contributed by atoms with Crippen LogP contribution in [0.3, 0.4) is 0 Å². The number of phenolic OH excluding ortho intramolecular Hbond substituents is 2. The van der Waals surface area contributed by atoms with Crippen LogP contribution in [0.25, 0.3) is 0 Å². The van der Waals surface area contributed by atoms with Crippen molar-refractivity contribution in [2.24, 2.45) is 5.92 Å². The Bertz CT molecular complexity index is 6150. The molecule has 16 rings (SSSR count). The lowest BCUT2D eigenvalue weighted by atomic mass is 9.89. The zero-order valence-electron chi connectivity index (χ0n) is 88.9. The van der Waals surface area contributed by atoms with E-state index in [1.165, 1.54) is 6.07 Å². The van der Waals surface area contributed by atoms with E-state index in [1.807, 2.05) is 162 Å². The zero-order valence-corrected chi connectivity index (χ0v) is 88.9. The number of aliphatic hydroxyl groups is 7. The SMILES string of the molecule is C=C/C(=C\C1=CCN(C(=O)c2cc(C(C)C)c(O)cc2O)C1)C(CO)N(C)C.CC(C)C1=C(O)CC(O)C(C(=O)N2Cc3cc4c(cc3C2)C(O)CNC4)=C1.CNC.COc1cc(OC)c(C(C)C)cc1C(=O)N1Cc2cc3c(cc2C1)C(O)CN(C)C3.COc1cc(OC)c(C(C)C)cc1C(=O)N1Cc2ccc(C(C)O)cc2C1.COc1cc(OC)c(C(C)C)cc1C(=O)N1Cc2ccc(C(CO)N(C)C)cc2C1. The monoisotopic (exact) mass is 1990 g/mol. The van der Waals surface area contributed by atoms with Gasteiger partial charge in [0.05, 0.1) is 120 Å². The van der Waals surface area contributed by atoms with Crippen molar-refractivity contribution in [3.63, 3.8) is 0 Å². The quantitative estimate of drug-likeness (QED) is 0.0237. The van der Waals surface area contributed by atoms with Crippen molar-refractivity contribution in [3.8, 4) is 46.0 Å². The molecular weight excluding hydrogens is 1840 g/mol. The summed E-state index contributed by atoms with van der Waals surface area (Å²) in [6, 6.07) is 34.1. The summed E-state index contributed by atoms with van der Waals surface area (Å²) in [4.78, 5) is 81.0. The largest absolute Gasteiger partial charge is 0.512 e. The third-order valence-electron chi connectivity index (χ3n) is 27.9. The molecule has 5 amide bonds. The summed E-state index contributed by atoms with van der Waals surface area (Å²) in [6.07, 6.45) is 4.84. The molecule has 8 aromatic carbocycles. The molecule has 11 N–H and O–H groups in total. The molecule has 0 aromatic heterocycles. The number of aromatic hydroxyl groups is 2. The number of ether oxygens (including phenoxy) is 6. The maximum Gasteiger partial charge on any atom is 0.258 e. The third-order valence-corrected chi connectivity index (χ3v) is 27.9. The van der Waals surface area contributed by atoms with Gasteiger partial charge in [0.25, 0.3) is 29.5 Å². The Hall–Kier alpha value is -12.4. The van der Waals surface area contributed by atoms with Crippen LogP contribution in [0.5, 0.6) is 46.0 Å². The predicted octanol–water partition coefficient (Wildman–Crippen LogP) is 15.4. The highest BCUT2D eigenvalue weighted by Gasteiger charge is 2.38. The van der Waals surface area contributed by atoms with Gasteiger partial charge in [-0.25, -0.2) is 0 Å². The van der Waals surface area contributed by atoms with Crippen LogP contribution in [-0.2, 0) is 70.2 Å². The number of allylic oxidation sites excluding steroid dienone is 2. The van der Waals surface area contributed by atoms with Gasteiger partial charge in [-0.3, -0.25) is 28.9 Å². The molecule has 0 bridgehead atoms. The van der Waals surface area contributed by atoms with Gasteiger partial charge in [-0.05, 0) is 233 Å². The topological polar surface area (TPSA) is 373 Å². The highest BCUT2D eigenvalue weighted by atomic mass is 16.5. The van der Waals surface area contributed by atoms with Crippen LogP contribution in [0, 0.1) is 5.92 Å². The number of benzene rings is 8. The van der Waals surface area contributed by atoms with E-state index >= 15 is 0 Å². The average Bonchev–Trinajstić information content (AvgIpc) is 1.63. The van der Waals surface area contributed by atoms with Gasteiger partial charge in [-0.1, -0.05) is 155 Å². The lowest BCUT2D eigenvalue weighted by Crippen LogP contribution is -2.33. The normalized spacial score (nSPS) is 17.2. The fourth-order valence-corrected chi connectivity index (χ4v) is 19.7. The molecule has 30 nitrogen and oxygen atoms in total. The number of nitrogens with one attached hydrogen (secondary N) is 2. The molecule has 0 saturated heterocycles. The van der Waals surface area contributed by atoms with Gasteiger partial charge >= 0.3 is 0 Å². The van der Waals surface area contributed by atoms with E-state index in [1.54, 1.807) is 95.8 Å². The molecule has 0 fully saturated rings. The van der Waals surface area contributed by atoms with E-state index in [0.29, 0.717) is 129 Å². The predicted molar refractivity (Wildman–Crippen MR) is 563 cm³/mol. The van der Waals surface area contributed by atoms with Crippen LogP contribution in [-0.4, -0.2) is 258 Å². The number of carbonyl (C=O) groups excluding carboxylic acids is 5. The first-order valence-corrected chi connectivity index (χ1v) is 49.7. The number of hydrogen-bond donors (Lipinski definition) is 11. The highest BCUT2D eigenvalue weighted by Crippen LogP contribution is 2.44. The summed E-state index contributed by atoms with van der Waals surface area (Å²) >= 11 is 0. The minimum Gasteiger partial charge on any atom is -0.512 e. The molecule has 0 radical (unpaired) electrons. The molecule has 8 aromatic rings. The third kappa shape index (κ3) is 26.2. The fourth-order valence-electron chi connectivity index (χ4n) is 19.7. The molecule has 7 aliphatic heterocycles. The van der Waals surface area contributed by atoms with Crippen molar-refractivity contribution in [3.05, 3.63) is 291 Å². The first kappa shape index (κ1) is 113. The Kier molecular flexibility index (Phi) is 39.0. The zero-order chi connectivity index (χ0) is 106. The number of aliphatic hydroxyl groups excluding tert-OH is 7. The Morgan fingerprint density at radius 3 is 1.27 bits per heavy atom. The van der Waals surface area contributed by atoms with Gasteiger partial charge in [0, 0.05) is 128 Å². The van der Waals surface area contributed by atoms with Gasteiger partial charge in [-0.15, -0.1) is 0 Å². The number of rotatable bonds is 25. The van der Waals surface area contributed by atoms with Crippen LogP contribution in [0.4, 0.5) is 0 Å². The molecule has 6 atom stereocenters. The molecule has 30 heteroatoms. The van der Waals surface area contributed by atoms with Gasteiger partial charge in [0.2, 0.25) is 0 Å². The van der Waals surface area contributed by atoms with Crippen LogP contribution in [0.15, 0.2) is 168 Å². The number of β-amino-alcohol motifs (C(OH)–C–C–N with tert-alkyl or cyclic N) is 2. The molecule has 0 saturated carbocycles. The number of carbonyl (C=O) groups is 5. The number of likely N-dealkylation sites (N-methyl/N-ethyl adjacent to an activating group) is 3. The minimum atomic E-state index is -0.983. The number of fused-ring (bicyclic) bond motifs is 6. The van der Waals surface area contributed by atoms with Gasteiger partial charge in [0.1, 0.15) is 46.0 Å².